The van der Waals surface area contributed by atoms with Gasteiger partial charge in [-0.25, -0.2) is 0 Å². The van der Waals surface area contributed by atoms with E-state index in [0.717, 1.165) is 0 Å². The Kier molecular flexibility index (Phi) is 5.71. The lowest BCUT2D eigenvalue weighted by atomic mass is 9.87. The smallest absolute Gasteiger partial charge is 0.0117 e. The minimum absolute atomic E-state index is 0.129. The van der Waals surface area contributed by atoms with E-state index in [1.807, 2.05) is 6.07 Å². The van der Waals surface area contributed by atoms with Crippen LogP contribution in [0.15, 0.2) is 93.5 Å². The molecule has 0 amide bonds. The molecule has 0 aromatic heterocycles. The molecule has 148 valence electrons. The summed E-state index contributed by atoms with van der Waals surface area (Å²) in [7, 11) is 5.70. The largest absolute Gasteiger partial charge is 0.0810 e. The van der Waals surface area contributed by atoms with Gasteiger partial charge in [0, 0.05) is 14.7 Å². The van der Waals surface area contributed by atoms with E-state index in [1.165, 1.54) is 25.8 Å². The van der Waals surface area contributed by atoms with Crippen molar-refractivity contribution in [3.63, 3.8) is 0 Å². The molecular formula is C26H31ClS. The maximum Gasteiger partial charge on any atom is 0.0117 e. The third kappa shape index (κ3) is 4.16. The highest BCUT2D eigenvalue weighted by atomic mass is 35.7. The molecule has 0 aliphatic rings. The third-order valence-corrected chi connectivity index (χ3v) is 9.53. The van der Waals surface area contributed by atoms with Gasteiger partial charge in [0.1, 0.15) is 0 Å². The van der Waals surface area contributed by atoms with Crippen LogP contribution in [0.2, 0.25) is 0 Å². The van der Waals surface area contributed by atoms with Gasteiger partial charge in [-0.3, -0.25) is 0 Å². The van der Waals surface area contributed by atoms with E-state index < -0.39 is 9.24 Å². The fourth-order valence-electron chi connectivity index (χ4n) is 3.30. The van der Waals surface area contributed by atoms with Gasteiger partial charge in [0.25, 0.3) is 0 Å². The highest BCUT2D eigenvalue weighted by molar-refractivity contribution is 8.51. The van der Waals surface area contributed by atoms with Crippen LogP contribution in [0.1, 0.15) is 52.7 Å². The molecule has 3 aromatic carbocycles. The van der Waals surface area contributed by atoms with Crippen molar-refractivity contribution in [3.05, 3.63) is 90.0 Å². The zero-order chi connectivity index (χ0) is 20.6. The first-order chi connectivity index (χ1) is 13.0. The Balaban J connectivity index is 2.14. The Labute approximate surface area is 176 Å². The van der Waals surface area contributed by atoms with Crippen molar-refractivity contribution in [2.45, 2.75) is 67.1 Å². The highest BCUT2D eigenvalue weighted by Crippen LogP contribution is 2.72. The summed E-state index contributed by atoms with van der Waals surface area (Å²) in [5.74, 6) is 0. The van der Waals surface area contributed by atoms with Crippen LogP contribution in [-0.4, -0.2) is 0 Å². The number of hydrogen-bond acceptors (Lipinski definition) is 0. The van der Waals surface area contributed by atoms with Gasteiger partial charge in [-0.1, -0.05) is 104 Å². The van der Waals surface area contributed by atoms with E-state index in [2.05, 4.69) is 114 Å². The minimum Gasteiger partial charge on any atom is -0.0810 e. The van der Waals surface area contributed by atoms with Crippen molar-refractivity contribution in [3.8, 4) is 0 Å². The van der Waals surface area contributed by atoms with E-state index in [0.29, 0.717) is 0 Å². The first-order valence-electron chi connectivity index (χ1n) is 9.82. The lowest BCUT2D eigenvalue weighted by Crippen LogP contribution is -2.11. The minimum atomic E-state index is -1.83. The number of halogens is 1. The molecular weight excluding hydrogens is 380 g/mol. The Morgan fingerprint density at radius 2 is 0.821 bits per heavy atom. The van der Waals surface area contributed by atoms with E-state index in [1.54, 1.807) is 0 Å². The van der Waals surface area contributed by atoms with Gasteiger partial charge < -0.3 is 0 Å². The summed E-state index contributed by atoms with van der Waals surface area (Å²) >= 11 is 0. The molecule has 0 N–H and O–H groups in total. The Hall–Kier alpha value is -1.70. The second kappa shape index (κ2) is 7.61. The van der Waals surface area contributed by atoms with Gasteiger partial charge in [-0.05, 0) is 58.4 Å². The van der Waals surface area contributed by atoms with Crippen molar-refractivity contribution >= 4 is 19.9 Å². The summed E-state index contributed by atoms with van der Waals surface area (Å²) in [4.78, 5) is 3.53. The molecule has 0 aliphatic heterocycles. The van der Waals surface area contributed by atoms with Gasteiger partial charge in [0.05, 0.1) is 0 Å². The van der Waals surface area contributed by atoms with Gasteiger partial charge >= 0.3 is 0 Å². The Morgan fingerprint density at radius 3 is 1.14 bits per heavy atom. The summed E-state index contributed by atoms with van der Waals surface area (Å²) in [5, 5.41) is 0. The molecule has 3 rings (SSSR count). The van der Waals surface area contributed by atoms with Crippen LogP contribution in [-0.2, 0) is 10.8 Å². The third-order valence-electron chi connectivity index (χ3n) is 5.16. The lowest BCUT2D eigenvalue weighted by Gasteiger charge is -2.35. The summed E-state index contributed by atoms with van der Waals surface area (Å²) in [6.45, 7) is 13.4. The van der Waals surface area contributed by atoms with Gasteiger partial charge in [-0.15, -0.1) is 0 Å². The van der Waals surface area contributed by atoms with E-state index in [4.69, 9.17) is 10.7 Å². The monoisotopic (exact) mass is 410 g/mol. The van der Waals surface area contributed by atoms with Crippen LogP contribution in [0.4, 0.5) is 0 Å². The van der Waals surface area contributed by atoms with Crippen molar-refractivity contribution in [2.75, 3.05) is 0 Å². The Morgan fingerprint density at radius 1 is 0.500 bits per heavy atom. The van der Waals surface area contributed by atoms with Crippen molar-refractivity contribution in [2.24, 2.45) is 0 Å². The van der Waals surface area contributed by atoms with Crippen LogP contribution >= 0.6 is 19.9 Å². The normalized spacial score (nSPS) is 13.4. The number of benzene rings is 3. The first-order valence-corrected chi connectivity index (χ1v) is 12.3. The van der Waals surface area contributed by atoms with Gasteiger partial charge in [-0.2, -0.15) is 0 Å². The van der Waals surface area contributed by atoms with Gasteiger partial charge in [0.15, 0.2) is 0 Å². The predicted molar refractivity (Wildman–Crippen MR) is 125 cm³/mol. The fraction of sp³-hybridized carbons (Fsp3) is 0.308. The standard InChI is InChI=1S/C26H31ClS/c1-25(2,3)20-12-16-23(17-13-20)28(27,22-10-8-7-9-11-22)24-18-14-21(15-19-24)26(4,5)6/h7-19H,1-6H3. The maximum absolute atomic E-state index is 7.53. The van der Waals surface area contributed by atoms with Crippen LogP contribution in [0, 0.1) is 0 Å². The summed E-state index contributed by atoms with van der Waals surface area (Å²) in [6, 6.07) is 28.3. The van der Waals surface area contributed by atoms with Crippen molar-refractivity contribution in [1.82, 2.24) is 0 Å². The number of hydrogen-bond donors (Lipinski definition) is 0. The average Bonchev–Trinajstić information content (AvgIpc) is 2.67. The molecule has 0 heterocycles. The topological polar surface area (TPSA) is 0 Å². The maximum atomic E-state index is 7.53. The average molecular weight is 411 g/mol. The van der Waals surface area contributed by atoms with Crippen LogP contribution in [0.3, 0.4) is 0 Å². The molecule has 0 nitrogen and oxygen atoms in total. The Bertz CT molecular complexity index is 854. The molecule has 0 bridgehead atoms. The van der Waals surface area contributed by atoms with Gasteiger partial charge in [0.2, 0.25) is 0 Å². The molecule has 0 unspecified atom stereocenters. The molecule has 3 aromatic rings. The second-order valence-corrected chi connectivity index (χ2v) is 13.3. The van der Waals surface area contributed by atoms with E-state index >= 15 is 0 Å². The number of rotatable bonds is 3. The van der Waals surface area contributed by atoms with E-state index in [9.17, 15) is 0 Å². The highest BCUT2D eigenvalue weighted by Gasteiger charge is 2.29. The fourth-order valence-corrected chi connectivity index (χ4v) is 6.60. The predicted octanol–water partition coefficient (Wildman–Crippen LogP) is 8.72. The molecule has 0 saturated carbocycles. The quantitative estimate of drug-likeness (QED) is 0.404. The second-order valence-electron chi connectivity index (χ2n) is 9.40. The zero-order valence-corrected chi connectivity index (χ0v) is 19.4. The molecule has 0 radical (unpaired) electrons. The molecule has 28 heavy (non-hydrogen) atoms. The van der Waals surface area contributed by atoms with Crippen molar-refractivity contribution in [1.29, 1.82) is 0 Å². The molecule has 2 heteroatoms. The molecule has 0 fully saturated rings. The molecule has 0 atom stereocenters. The van der Waals surface area contributed by atoms with Crippen LogP contribution in [0.5, 0.6) is 0 Å². The summed E-state index contributed by atoms with van der Waals surface area (Å²) in [5.41, 5.74) is 2.91. The molecule has 0 spiro atoms. The van der Waals surface area contributed by atoms with E-state index in [-0.39, 0.29) is 10.8 Å². The molecule has 0 saturated heterocycles. The summed E-state index contributed by atoms with van der Waals surface area (Å²) in [6.07, 6.45) is 0. The lowest BCUT2D eigenvalue weighted by molar-refractivity contribution is 0.589. The van der Waals surface area contributed by atoms with Crippen LogP contribution in [0.25, 0.3) is 0 Å². The molecule has 0 aliphatic carbocycles. The van der Waals surface area contributed by atoms with Crippen LogP contribution < -0.4 is 0 Å². The first kappa shape index (κ1) is 21.0. The summed E-state index contributed by atoms with van der Waals surface area (Å²) < 4.78 is 0. The van der Waals surface area contributed by atoms with Crippen molar-refractivity contribution < 1.29 is 0 Å². The zero-order valence-electron chi connectivity index (χ0n) is 17.8. The SMILES string of the molecule is CC(C)(C)c1ccc(S(Cl)(c2ccccc2)c2ccc(C(C)(C)C)cc2)cc1.